The topological polar surface area (TPSA) is 60.1 Å². The van der Waals surface area contributed by atoms with Crippen LogP contribution >= 0.6 is 0 Å². The van der Waals surface area contributed by atoms with Gasteiger partial charge in [-0.15, -0.1) is 0 Å². The average Bonchev–Trinajstić information content (AvgIpc) is 2.63. The third-order valence-electron chi connectivity index (χ3n) is 3.53. The Kier molecular flexibility index (Phi) is 22.1. The van der Waals surface area contributed by atoms with Crippen LogP contribution in [0.15, 0.2) is 36.5 Å². The molecule has 25 heavy (non-hydrogen) atoms. The summed E-state index contributed by atoms with van der Waals surface area (Å²) in [6.07, 6.45) is 15.5. The Labute approximate surface area is 155 Å². The molecule has 5 N–H and O–H groups in total. The lowest BCUT2D eigenvalue weighted by atomic mass is 10.3. The molecule has 0 aromatic carbocycles. The third-order valence-corrected chi connectivity index (χ3v) is 3.53. The number of nitrogens with one attached hydrogen (secondary N) is 5. The van der Waals surface area contributed by atoms with E-state index in [4.69, 9.17) is 0 Å². The quantitative estimate of drug-likeness (QED) is 0.180. The van der Waals surface area contributed by atoms with Gasteiger partial charge in [0.2, 0.25) is 0 Å². The van der Waals surface area contributed by atoms with E-state index in [1.807, 2.05) is 0 Å². The Hall–Kier alpha value is -0.980. The van der Waals surface area contributed by atoms with Crippen LogP contribution in [0.4, 0.5) is 0 Å². The van der Waals surface area contributed by atoms with Gasteiger partial charge in [0.05, 0.1) is 0 Å². The highest BCUT2D eigenvalue weighted by atomic mass is 14.9. The summed E-state index contributed by atoms with van der Waals surface area (Å²) in [6, 6.07) is 0. The summed E-state index contributed by atoms with van der Waals surface area (Å²) in [5.41, 5.74) is 0. The van der Waals surface area contributed by atoms with Crippen LogP contribution in [-0.2, 0) is 0 Å². The molecule has 0 rings (SSSR count). The first-order chi connectivity index (χ1) is 12.4. The monoisotopic (exact) mass is 351 g/mol. The van der Waals surface area contributed by atoms with Crippen molar-refractivity contribution in [2.75, 3.05) is 65.4 Å². The van der Waals surface area contributed by atoms with Gasteiger partial charge in [0.1, 0.15) is 0 Å². The first kappa shape index (κ1) is 24.0. The second-order valence-electron chi connectivity index (χ2n) is 5.80. The summed E-state index contributed by atoms with van der Waals surface area (Å²) in [4.78, 5) is 0. The van der Waals surface area contributed by atoms with Gasteiger partial charge >= 0.3 is 0 Å². The smallest absolute Gasteiger partial charge is 0.0138 e. The molecule has 5 heteroatoms. The molecular formula is C20H41N5. The highest BCUT2D eigenvalue weighted by Crippen LogP contribution is 1.84. The minimum atomic E-state index is 0.917. The van der Waals surface area contributed by atoms with Crippen molar-refractivity contribution < 1.29 is 0 Å². The Balaban J connectivity index is 3.19. The van der Waals surface area contributed by atoms with E-state index in [9.17, 15) is 0 Å². The molecule has 0 aromatic rings. The van der Waals surface area contributed by atoms with Crippen molar-refractivity contribution in [2.24, 2.45) is 0 Å². The normalized spacial score (nSPS) is 12.2. The molecule has 0 aliphatic heterocycles. The summed E-state index contributed by atoms with van der Waals surface area (Å²) < 4.78 is 0. The summed E-state index contributed by atoms with van der Waals surface area (Å²) in [6.45, 7) is 14.2. The lowest BCUT2D eigenvalue weighted by Gasteiger charge is -2.02. The largest absolute Gasteiger partial charge is 0.317 e. The fraction of sp³-hybridized carbons (Fsp3) is 0.700. The number of likely N-dealkylation sites (N-methyl/N-ethyl adjacent to an activating group) is 1. The molecule has 0 bridgehead atoms. The predicted molar refractivity (Wildman–Crippen MR) is 112 cm³/mol. The Morgan fingerprint density at radius 1 is 0.440 bits per heavy atom. The van der Waals surface area contributed by atoms with Gasteiger partial charge in [0, 0.05) is 39.3 Å². The van der Waals surface area contributed by atoms with Crippen LogP contribution in [0.25, 0.3) is 0 Å². The van der Waals surface area contributed by atoms with E-state index in [0.29, 0.717) is 0 Å². The molecule has 0 unspecified atom stereocenters. The summed E-state index contributed by atoms with van der Waals surface area (Å²) in [5, 5.41) is 16.8. The molecule has 5 nitrogen and oxygen atoms in total. The molecule has 0 saturated heterocycles. The van der Waals surface area contributed by atoms with Crippen molar-refractivity contribution in [3.8, 4) is 0 Å². The Morgan fingerprint density at radius 2 is 0.800 bits per heavy atom. The third kappa shape index (κ3) is 23.0. The molecule has 146 valence electrons. The van der Waals surface area contributed by atoms with Crippen molar-refractivity contribution >= 4 is 0 Å². The van der Waals surface area contributed by atoms with Gasteiger partial charge in [-0.3, -0.25) is 0 Å². The Bertz CT molecular complexity index is 326. The minimum absolute atomic E-state index is 0.917. The average molecular weight is 352 g/mol. The van der Waals surface area contributed by atoms with Crippen molar-refractivity contribution in [1.82, 2.24) is 26.6 Å². The van der Waals surface area contributed by atoms with Crippen LogP contribution in [0.3, 0.4) is 0 Å². The van der Waals surface area contributed by atoms with Gasteiger partial charge in [0.15, 0.2) is 0 Å². The second kappa shape index (κ2) is 23.0. The van der Waals surface area contributed by atoms with Gasteiger partial charge in [-0.25, -0.2) is 0 Å². The summed E-state index contributed by atoms with van der Waals surface area (Å²) >= 11 is 0. The van der Waals surface area contributed by atoms with Crippen LogP contribution in [0.5, 0.6) is 0 Å². The number of hydrogen-bond acceptors (Lipinski definition) is 5. The van der Waals surface area contributed by atoms with Crippen molar-refractivity contribution in [1.29, 1.82) is 0 Å². The van der Waals surface area contributed by atoms with E-state index in [2.05, 4.69) is 76.9 Å². The number of hydrogen-bond donors (Lipinski definition) is 5. The lowest BCUT2D eigenvalue weighted by Crippen LogP contribution is -2.19. The van der Waals surface area contributed by atoms with Crippen molar-refractivity contribution in [2.45, 2.75) is 26.7 Å². The van der Waals surface area contributed by atoms with E-state index < -0.39 is 0 Å². The predicted octanol–water partition coefficient (Wildman–Crippen LogP) is 1.42. The van der Waals surface area contributed by atoms with Crippen LogP contribution in [-0.4, -0.2) is 65.4 Å². The van der Waals surface area contributed by atoms with Crippen LogP contribution < -0.4 is 26.6 Å². The van der Waals surface area contributed by atoms with Gasteiger partial charge in [-0.1, -0.05) is 50.3 Å². The second-order valence-corrected chi connectivity index (χ2v) is 5.80. The summed E-state index contributed by atoms with van der Waals surface area (Å²) in [5.74, 6) is 0. The number of unbranched alkanes of at least 4 members (excludes halogenated alkanes) is 1. The highest BCUT2D eigenvalue weighted by Gasteiger charge is 1.87. The van der Waals surface area contributed by atoms with Crippen LogP contribution in [0.1, 0.15) is 26.7 Å². The van der Waals surface area contributed by atoms with Crippen LogP contribution in [0.2, 0.25) is 0 Å². The van der Waals surface area contributed by atoms with E-state index in [1.165, 1.54) is 12.8 Å². The molecule has 0 saturated carbocycles. The molecule has 0 aliphatic carbocycles. The zero-order valence-corrected chi connectivity index (χ0v) is 16.4. The standard InChI is InChI=1S/C20H41N5/c1-3-21-13-5-7-15-23-17-9-11-19-25-20-12-10-18-24-16-8-6-14-22-4-2/h5,7,9-12,21-25H,3-4,6,8,13-20H2,1-2H3/b7-5-,11-9-,12-10-. The first-order valence-corrected chi connectivity index (χ1v) is 9.90. The molecule has 0 radical (unpaired) electrons. The molecule has 0 fully saturated rings. The van der Waals surface area contributed by atoms with E-state index >= 15 is 0 Å². The van der Waals surface area contributed by atoms with E-state index in [-0.39, 0.29) is 0 Å². The molecule has 0 amide bonds. The van der Waals surface area contributed by atoms with Gasteiger partial charge in [0.25, 0.3) is 0 Å². The van der Waals surface area contributed by atoms with Gasteiger partial charge < -0.3 is 26.6 Å². The van der Waals surface area contributed by atoms with Gasteiger partial charge in [-0.2, -0.15) is 0 Å². The van der Waals surface area contributed by atoms with E-state index in [0.717, 1.165) is 65.4 Å². The molecule has 0 heterocycles. The summed E-state index contributed by atoms with van der Waals surface area (Å²) in [7, 11) is 0. The van der Waals surface area contributed by atoms with Crippen molar-refractivity contribution in [3.63, 3.8) is 0 Å². The molecule has 0 aliphatic rings. The molecular weight excluding hydrogens is 310 g/mol. The zero-order chi connectivity index (χ0) is 18.3. The number of rotatable bonds is 19. The molecule has 0 atom stereocenters. The maximum Gasteiger partial charge on any atom is 0.0138 e. The maximum absolute atomic E-state index is 3.43. The first-order valence-electron chi connectivity index (χ1n) is 9.90. The van der Waals surface area contributed by atoms with Gasteiger partial charge in [-0.05, 0) is 39.0 Å². The van der Waals surface area contributed by atoms with E-state index in [1.54, 1.807) is 0 Å². The minimum Gasteiger partial charge on any atom is -0.317 e. The Morgan fingerprint density at radius 3 is 1.24 bits per heavy atom. The fourth-order valence-corrected chi connectivity index (χ4v) is 2.09. The van der Waals surface area contributed by atoms with Crippen LogP contribution in [0, 0.1) is 0 Å². The molecule has 0 aromatic heterocycles. The highest BCUT2D eigenvalue weighted by molar-refractivity contribution is 4.91. The molecule has 0 spiro atoms. The zero-order valence-electron chi connectivity index (χ0n) is 16.4. The maximum atomic E-state index is 3.43. The lowest BCUT2D eigenvalue weighted by molar-refractivity contribution is 0.608. The SMILES string of the molecule is CCNC/C=C\CNC/C=C\CNC/C=C\CNCCCCNCC. The fourth-order valence-electron chi connectivity index (χ4n) is 2.09. The van der Waals surface area contributed by atoms with Crippen molar-refractivity contribution in [3.05, 3.63) is 36.5 Å².